The molecule has 7 heteroatoms. The lowest BCUT2D eigenvalue weighted by Crippen LogP contribution is -2.30. The van der Waals surface area contributed by atoms with Gasteiger partial charge in [-0.05, 0) is 31.2 Å². The van der Waals surface area contributed by atoms with Crippen molar-refractivity contribution in [1.29, 1.82) is 0 Å². The van der Waals surface area contributed by atoms with Crippen LogP contribution >= 0.6 is 22.9 Å². The quantitative estimate of drug-likeness (QED) is 0.596. The Morgan fingerprint density at radius 2 is 1.83 bits per heavy atom. The molecule has 0 aliphatic rings. The molecule has 0 spiro atoms. The Bertz CT molecular complexity index is 729. The number of benzene rings is 1. The van der Waals surface area contributed by atoms with Crippen LogP contribution in [0.4, 0.5) is 5.69 Å². The van der Waals surface area contributed by atoms with Gasteiger partial charge >= 0.3 is 5.97 Å². The number of ketones is 1. The molecule has 0 unspecified atom stereocenters. The second-order valence-electron chi connectivity index (χ2n) is 5.01. The van der Waals surface area contributed by atoms with Crippen molar-refractivity contribution in [1.82, 2.24) is 0 Å². The van der Waals surface area contributed by atoms with Crippen molar-refractivity contribution in [3.8, 4) is 0 Å². The van der Waals surface area contributed by atoms with Gasteiger partial charge in [0.2, 0.25) is 0 Å². The molecule has 0 saturated heterocycles. The van der Waals surface area contributed by atoms with E-state index in [-0.39, 0.29) is 18.6 Å². The number of rotatable bonds is 7. The highest BCUT2D eigenvalue weighted by atomic mass is 35.5. The van der Waals surface area contributed by atoms with Crippen molar-refractivity contribution >= 4 is 46.3 Å². The molecule has 24 heavy (non-hydrogen) atoms. The highest BCUT2D eigenvalue weighted by Crippen LogP contribution is 2.23. The molecular formula is C17H16ClNO4S. The van der Waals surface area contributed by atoms with Crippen molar-refractivity contribution in [2.75, 3.05) is 5.32 Å². The summed E-state index contributed by atoms with van der Waals surface area (Å²) in [6, 6.07) is 12.1. The zero-order valence-corrected chi connectivity index (χ0v) is 14.5. The number of anilines is 1. The van der Waals surface area contributed by atoms with Crippen molar-refractivity contribution in [2.24, 2.45) is 0 Å². The van der Waals surface area contributed by atoms with Gasteiger partial charge in [-0.25, -0.2) is 0 Å². The Hall–Kier alpha value is -2.18. The molecule has 5 nitrogen and oxygen atoms in total. The number of amides is 1. The first kappa shape index (κ1) is 18.2. The summed E-state index contributed by atoms with van der Waals surface area (Å²) in [4.78, 5) is 36.1. The van der Waals surface area contributed by atoms with Gasteiger partial charge in [0.1, 0.15) is 0 Å². The number of halogens is 1. The van der Waals surface area contributed by atoms with E-state index in [0.29, 0.717) is 14.9 Å². The van der Waals surface area contributed by atoms with Crippen LogP contribution in [0.25, 0.3) is 0 Å². The van der Waals surface area contributed by atoms with Gasteiger partial charge < -0.3 is 10.1 Å². The first-order chi connectivity index (χ1) is 11.5. The van der Waals surface area contributed by atoms with Crippen molar-refractivity contribution < 1.29 is 19.1 Å². The molecule has 1 aromatic heterocycles. The average Bonchev–Trinajstić information content (AvgIpc) is 3.00. The predicted octanol–water partition coefficient (Wildman–Crippen LogP) is 3.93. The number of carbonyl (C=O) groups is 3. The second-order valence-corrected chi connectivity index (χ2v) is 6.73. The van der Waals surface area contributed by atoms with Crippen LogP contribution in [-0.2, 0) is 14.3 Å². The minimum absolute atomic E-state index is 0.0166. The molecule has 1 N–H and O–H groups in total. The largest absolute Gasteiger partial charge is 0.453 e. The van der Waals surface area contributed by atoms with Gasteiger partial charge in [-0.2, -0.15) is 0 Å². The third-order valence-electron chi connectivity index (χ3n) is 3.12. The average molecular weight is 366 g/mol. The molecule has 126 valence electrons. The van der Waals surface area contributed by atoms with E-state index < -0.39 is 18.0 Å². The molecule has 1 aromatic carbocycles. The topological polar surface area (TPSA) is 72.5 Å². The molecule has 0 saturated carbocycles. The maximum absolute atomic E-state index is 11.9. The molecule has 2 aromatic rings. The molecule has 0 fully saturated rings. The van der Waals surface area contributed by atoms with E-state index in [1.807, 2.05) is 6.07 Å². The van der Waals surface area contributed by atoms with Crippen LogP contribution < -0.4 is 5.32 Å². The van der Waals surface area contributed by atoms with Crippen LogP contribution in [0, 0.1) is 0 Å². The summed E-state index contributed by atoms with van der Waals surface area (Å²) >= 11 is 6.93. The van der Waals surface area contributed by atoms with Gasteiger partial charge in [0.25, 0.3) is 5.91 Å². The third-order valence-corrected chi connectivity index (χ3v) is 4.40. The van der Waals surface area contributed by atoms with Crippen LogP contribution in [0.2, 0.25) is 4.34 Å². The van der Waals surface area contributed by atoms with E-state index >= 15 is 0 Å². The maximum Gasteiger partial charge on any atom is 0.307 e. The van der Waals surface area contributed by atoms with Crippen molar-refractivity contribution in [2.45, 2.75) is 25.9 Å². The number of nitrogens with one attached hydrogen (secondary N) is 1. The molecule has 2 rings (SSSR count). The second kappa shape index (κ2) is 8.61. The highest BCUT2D eigenvalue weighted by molar-refractivity contribution is 7.18. The zero-order valence-electron chi connectivity index (χ0n) is 13.0. The van der Waals surface area contributed by atoms with Crippen LogP contribution in [0.1, 0.15) is 29.4 Å². The zero-order chi connectivity index (χ0) is 17.5. The first-order valence-electron chi connectivity index (χ1n) is 7.29. The Morgan fingerprint density at radius 1 is 1.12 bits per heavy atom. The number of ether oxygens (including phenoxy) is 1. The highest BCUT2D eigenvalue weighted by Gasteiger charge is 2.19. The SMILES string of the molecule is C[C@H](OC(=O)CCC(=O)c1ccc(Cl)s1)C(=O)Nc1ccccc1. The number of hydrogen-bond donors (Lipinski definition) is 1. The smallest absolute Gasteiger partial charge is 0.307 e. The van der Waals surface area contributed by atoms with Gasteiger partial charge in [0.05, 0.1) is 15.6 Å². The summed E-state index contributed by atoms with van der Waals surface area (Å²) in [5, 5.41) is 2.64. The number of thiophene rings is 1. The van der Waals surface area contributed by atoms with E-state index in [1.165, 1.54) is 18.3 Å². The van der Waals surface area contributed by atoms with Crippen LogP contribution in [0.3, 0.4) is 0 Å². The summed E-state index contributed by atoms with van der Waals surface area (Å²) in [5.41, 5.74) is 0.621. The Kier molecular flexibility index (Phi) is 6.52. The minimum Gasteiger partial charge on any atom is -0.453 e. The van der Waals surface area contributed by atoms with E-state index in [1.54, 1.807) is 36.4 Å². The molecule has 0 aliphatic carbocycles. The van der Waals surface area contributed by atoms with E-state index in [0.717, 1.165) is 0 Å². The van der Waals surface area contributed by atoms with Crippen LogP contribution in [0.5, 0.6) is 0 Å². The number of para-hydroxylation sites is 1. The molecule has 1 atom stereocenters. The number of hydrogen-bond acceptors (Lipinski definition) is 5. The summed E-state index contributed by atoms with van der Waals surface area (Å²) in [6.07, 6.45) is -1.01. The lowest BCUT2D eigenvalue weighted by Gasteiger charge is -2.13. The van der Waals surface area contributed by atoms with Crippen molar-refractivity contribution in [3.63, 3.8) is 0 Å². The Labute approximate surface area is 148 Å². The van der Waals surface area contributed by atoms with Crippen LogP contribution in [-0.4, -0.2) is 23.8 Å². The fourth-order valence-electron chi connectivity index (χ4n) is 1.88. The molecular weight excluding hydrogens is 350 g/mol. The summed E-state index contributed by atoms with van der Waals surface area (Å²) in [6.45, 7) is 1.48. The monoisotopic (exact) mass is 365 g/mol. The van der Waals surface area contributed by atoms with Gasteiger partial charge in [0, 0.05) is 12.1 Å². The van der Waals surface area contributed by atoms with E-state index in [2.05, 4.69) is 5.32 Å². The Balaban J connectivity index is 1.77. The molecule has 0 aliphatic heterocycles. The van der Waals surface area contributed by atoms with Crippen LogP contribution in [0.15, 0.2) is 42.5 Å². The predicted molar refractivity (Wildman–Crippen MR) is 93.5 cm³/mol. The summed E-state index contributed by atoms with van der Waals surface area (Å²) in [7, 11) is 0. The van der Waals surface area contributed by atoms with Gasteiger partial charge in [0.15, 0.2) is 11.9 Å². The molecule has 0 bridgehead atoms. The number of esters is 1. The van der Waals surface area contributed by atoms with E-state index in [4.69, 9.17) is 16.3 Å². The normalized spacial score (nSPS) is 11.6. The molecule has 0 radical (unpaired) electrons. The lowest BCUT2D eigenvalue weighted by atomic mass is 10.2. The molecule has 1 amide bonds. The summed E-state index contributed by atoms with van der Waals surface area (Å²) < 4.78 is 5.57. The van der Waals surface area contributed by atoms with Gasteiger partial charge in [-0.15, -0.1) is 11.3 Å². The van der Waals surface area contributed by atoms with Gasteiger partial charge in [-0.1, -0.05) is 29.8 Å². The molecule has 1 heterocycles. The fourth-order valence-corrected chi connectivity index (χ4v) is 2.89. The number of Topliss-reactive ketones (excluding diaryl/α,β-unsaturated/α-hetero) is 1. The summed E-state index contributed by atoms with van der Waals surface area (Å²) in [5.74, 6) is -1.20. The first-order valence-corrected chi connectivity index (χ1v) is 8.49. The lowest BCUT2D eigenvalue weighted by molar-refractivity contribution is -0.153. The standard InChI is InChI=1S/C17H16ClNO4S/c1-11(17(22)19-12-5-3-2-4-6-12)23-16(21)10-7-13(20)14-8-9-15(18)24-14/h2-6,8-9,11H,7,10H2,1H3,(H,19,22)/t11-/m0/s1. The Morgan fingerprint density at radius 3 is 2.46 bits per heavy atom. The fraction of sp³-hybridized carbons (Fsp3) is 0.235. The third kappa shape index (κ3) is 5.47. The van der Waals surface area contributed by atoms with E-state index in [9.17, 15) is 14.4 Å². The number of carbonyl (C=O) groups excluding carboxylic acids is 3. The maximum atomic E-state index is 11.9. The van der Waals surface area contributed by atoms with Gasteiger partial charge in [-0.3, -0.25) is 14.4 Å². The van der Waals surface area contributed by atoms with Crippen molar-refractivity contribution in [3.05, 3.63) is 51.7 Å². The minimum atomic E-state index is -0.941.